The lowest BCUT2D eigenvalue weighted by Crippen LogP contribution is -2.51. The summed E-state index contributed by atoms with van der Waals surface area (Å²) in [7, 11) is 3.83. The summed E-state index contributed by atoms with van der Waals surface area (Å²) in [6.07, 6.45) is 0. The van der Waals surface area contributed by atoms with Crippen LogP contribution in [-0.4, -0.2) is 43.4 Å². The topological polar surface area (TPSA) is 61.4 Å². The van der Waals surface area contributed by atoms with Crippen LogP contribution < -0.4 is 10.6 Å². The summed E-state index contributed by atoms with van der Waals surface area (Å²) in [4.78, 5) is 27.2. The van der Waals surface area contributed by atoms with E-state index < -0.39 is 17.8 Å². The van der Waals surface area contributed by atoms with Crippen LogP contribution in [0.25, 0.3) is 0 Å². The Morgan fingerprint density at radius 3 is 2.24 bits per heavy atom. The Balaban J connectivity index is 2.07. The molecule has 0 aliphatic rings. The van der Waals surface area contributed by atoms with Gasteiger partial charge in [-0.3, -0.25) is 9.59 Å². The van der Waals surface area contributed by atoms with E-state index in [1.165, 1.54) is 24.3 Å². The summed E-state index contributed by atoms with van der Waals surface area (Å²) in [5.41, 5.74) is 1.21. The van der Waals surface area contributed by atoms with Gasteiger partial charge in [0.15, 0.2) is 0 Å². The predicted octanol–water partition coefficient (Wildman–Crippen LogP) is 3.65. The maximum absolute atomic E-state index is 13.1. The number of hydrogen-bond donors (Lipinski definition) is 2. The first kappa shape index (κ1) is 22.8. The van der Waals surface area contributed by atoms with Crippen molar-refractivity contribution in [3.05, 3.63) is 70.5 Å². The van der Waals surface area contributed by atoms with Gasteiger partial charge in [0.1, 0.15) is 11.9 Å². The maximum Gasteiger partial charge on any atom is 0.251 e. The van der Waals surface area contributed by atoms with Crippen LogP contribution in [0.15, 0.2) is 48.5 Å². The minimum atomic E-state index is -0.721. The van der Waals surface area contributed by atoms with E-state index in [1.54, 1.807) is 0 Å². The zero-order valence-corrected chi connectivity index (χ0v) is 17.8. The van der Waals surface area contributed by atoms with Crippen molar-refractivity contribution in [3.8, 4) is 0 Å². The molecule has 0 aliphatic heterocycles. The van der Waals surface area contributed by atoms with Crippen molar-refractivity contribution < 1.29 is 14.0 Å². The normalized spacial score (nSPS) is 13.2. The van der Waals surface area contributed by atoms with E-state index >= 15 is 0 Å². The number of benzene rings is 2. The van der Waals surface area contributed by atoms with Crippen molar-refractivity contribution in [1.29, 1.82) is 0 Å². The fourth-order valence-corrected chi connectivity index (χ4v) is 3.25. The fourth-order valence-electron chi connectivity index (χ4n) is 2.98. The van der Waals surface area contributed by atoms with E-state index in [-0.39, 0.29) is 17.9 Å². The summed E-state index contributed by atoms with van der Waals surface area (Å²) in [5.74, 6) is -1.25. The van der Waals surface area contributed by atoms with Gasteiger partial charge in [-0.2, -0.15) is 0 Å². The number of carbonyl (C=O) groups excluding carboxylic acids is 2. The van der Waals surface area contributed by atoms with Crippen molar-refractivity contribution >= 4 is 23.4 Å². The average molecular weight is 420 g/mol. The van der Waals surface area contributed by atoms with Gasteiger partial charge in [-0.25, -0.2) is 4.39 Å². The van der Waals surface area contributed by atoms with Gasteiger partial charge >= 0.3 is 0 Å². The number of carbonyl (C=O) groups is 2. The zero-order chi connectivity index (χ0) is 21.6. The van der Waals surface area contributed by atoms with E-state index in [0.29, 0.717) is 17.1 Å². The SMILES string of the molecule is CC(C)[C@@H](NC(=O)c1ccc(F)cc1)C(=O)NC[C@@H](c1ccccc1Cl)N(C)C. The standard InChI is InChI=1S/C22H27ClFN3O2/c1-14(2)20(26-21(28)15-9-11-16(24)12-10-15)22(29)25-13-19(27(3)4)17-7-5-6-8-18(17)23/h5-12,14,19-20H,13H2,1-4H3,(H,25,29)(H,26,28)/t19-,20+/m0/s1. The highest BCUT2D eigenvalue weighted by molar-refractivity contribution is 6.31. The van der Waals surface area contributed by atoms with Crippen LogP contribution in [0, 0.1) is 11.7 Å². The number of nitrogens with zero attached hydrogens (tertiary/aromatic N) is 1. The summed E-state index contributed by atoms with van der Waals surface area (Å²) in [6, 6.07) is 11.9. The van der Waals surface area contributed by atoms with Crippen LogP contribution in [-0.2, 0) is 4.79 Å². The van der Waals surface area contributed by atoms with Gasteiger partial charge in [0, 0.05) is 17.1 Å². The lowest BCUT2D eigenvalue weighted by Gasteiger charge is -2.28. The van der Waals surface area contributed by atoms with Crippen LogP contribution in [0.4, 0.5) is 4.39 Å². The summed E-state index contributed by atoms with van der Waals surface area (Å²) >= 11 is 6.32. The van der Waals surface area contributed by atoms with Crippen LogP contribution in [0.1, 0.15) is 35.8 Å². The molecule has 29 heavy (non-hydrogen) atoms. The van der Waals surface area contributed by atoms with E-state index in [1.807, 2.05) is 57.1 Å². The average Bonchev–Trinajstić information content (AvgIpc) is 2.67. The number of halogens is 2. The Bertz CT molecular complexity index is 840. The zero-order valence-electron chi connectivity index (χ0n) is 17.1. The second-order valence-corrected chi connectivity index (χ2v) is 7.86. The lowest BCUT2D eigenvalue weighted by molar-refractivity contribution is -0.124. The van der Waals surface area contributed by atoms with Crippen LogP contribution in [0.5, 0.6) is 0 Å². The summed E-state index contributed by atoms with van der Waals surface area (Å²) in [5, 5.41) is 6.30. The second-order valence-electron chi connectivity index (χ2n) is 7.45. The molecule has 2 N–H and O–H groups in total. The molecular weight excluding hydrogens is 393 g/mol. The third-order valence-corrected chi connectivity index (χ3v) is 5.04. The van der Waals surface area contributed by atoms with Crippen LogP contribution in [0.3, 0.4) is 0 Å². The van der Waals surface area contributed by atoms with E-state index in [9.17, 15) is 14.0 Å². The third-order valence-electron chi connectivity index (χ3n) is 4.70. The lowest BCUT2D eigenvalue weighted by atomic mass is 10.0. The molecule has 0 bridgehead atoms. The molecule has 0 radical (unpaired) electrons. The summed E-state index contributed by atoms with van der Waals surface area (Å²) in [6.45, 7) is 4.05. The molecule has 5 nitrogen and oxygen atoms in total. The van der Waals surface area contributed by atoms with Crippen molar-refractivity contribution in [2.24, 2.45) is 5.92 Å². The molecule has 2 amide bonds. The number of amides is 2. The Labute approximate surface area is 176 Å². The largest absolute Gasteiger partial charge is 0.352 e. The molecule has 0 heterocycles. The minimum Gasteiger partial charge on any atom is -0.352 e. The Morgan fingerprint density at radius 1 is 1.07 bits per heavy atom. The van der Waals surface area contributed by atoms with E-state index in [0.717, 1.165) is 5.56 Å². The van der Waals surface area contributed by atoms with Gasteiger partial charge in [-0.05, 0) is 55.9 Å². The Kier molecular flexibility index (Phi) is 8.17. The molecular formula is C22H27ClFN3O2. The monoisotopic (exact) mass is 419 g/mol. The predicted molar refractivity (Wildman–Crippen MR) is 113 cm³/mol. The van der Waals surface area contributed by atoms with E-state index in [4.69, 9.17) is 11.6 Å². The van der Waals surface area contributed by atoms with Crippen molar-refractivity contribution in [3.63, 3.8) is 0 Å². The molecule has 0 aromatic heterocycles. The highest BCUT2D eigenvalue weighted by atomic mass is 35.5. The molecule has 156 valence electrons. The molecule has 0 spiro atoms. The molecule has 7 heteroatoms. The highest BCUT2D eigenvalue weighted by Crippen LogP contribution is 2.25. The molecule has 2 atom stereocenters. The van der Waals surface area contributed by atoms with Crippen LogP contribution in [0.2, 0.25) is 5.02 Å². The first-order chi connectivity index (χ1) is 13.7. The minimum absolute atomic E-state index is 0.117. The quantitative estimate of drug-likeness (QED) is 0.686. The van der Waals surface area contributed by atoms with Gasteiger partial charge < -0.3 is 15.5 Å². The van der Waals surface area contributed by atoms with Gasteiger partial charge in [0.25, 0.3) is 5.91 Å². The van der Waals surface area contributed by atoms with Crippen molar-refractivity contribution in [1.82, 2.24) is 15.5 Å². The number of hydrogen-bond acceptors (Lipinski definition) is 3. The molecule has 0 fully saturated rings. The van der Waals surface area contributed by atoms with Gasteiger partial charge in [-0.1, -0.05) is 43.6 Å². The second kappa shape index (κ2) is 10.4. The number of likely N-dealkylation sites (N-methyl/N-ethyl adjacent to an activating group) is 1. The Hall–Kier alpha value is -2.44. The molecule has 2 aromatic carbocycles. The Morgan fingerprint density at radius 2 is 1.69 bits per heavy atom. The van der Waals surface area contributed by atoms with Gasteiger partial charge in [-0.15, -0.1) is 0 Å². The fraction of sp³-hybridized carbons (Fsp3) is 0.364. The highest BCUT2D eigenvalue weighted by Gasteiger charge is 2.26. The number of rotatable bonds is 8. The first-order valence-corrected chi connectivity index (χ1v) is 9.83. The molecule has 0 unspecified atom stereocenters. The third kappa shape index (κ3) is 6.27. The van der Waals surface area contributed by atoms with Gasteiger partial charge in [0.2, 0.25) is 5.91 Å². The van der Waals surface area contributed by atoms with Crippen molar-refractivity contribution in [2.45, 2.75) is 25.9 Å². The van der Waals surface area contributed by atoms with Crippen LogP contribution >= 0.6 is 11.6 Å². The maximum atomic E-state index is 13.1. The first-order valence-electron chi connectivity index (χ1n) is 9.45. The molecule has 2 aromatic rings. The summed E-state index contributed by atoms with van der Waals surface area (Å²) < 4.78 is 13.1. The number of nitrogens with one attached hydrogen (secondary N) is 2. The molecule has 0 saturated carbocycles. The smallest absolute Gasteiger partial charge is 0.251 e. The van der Waals surface area contributed by atoms with Crippen molar-refractivity contribution in [2.75, 3.05) is 20.6 Å². The molecule has 2 rings (SSSR count). The molecule has 0 aliphatic carbocycles. The van der Waals surface area contributed by atoms with E-state index in [2.05, 4.69) is 10.6 Å². The molecule has 0 saturated heterocycles. The van der Waals surface area contributed by atoms with Gasteiger partial charge in [0.05, 0.1) is 6.04 Å².